The number of aromatic nitrogens is 3. The lowest BCUT2D eigenvalue weighted by atomic mass is 9.87. The fourth-order valence-corrected chi connectivity index (χ4v) is 3.70. The molecule has 4 rings (SSSR count). The molecule has 0 saturated carbocycles. The summed E-state index contributed by atoms with van der Waals surface area (Å²) in [6, 6.07) is 5.81. The van der Waals surface area contributed by atoms with Gasteiger partial charge in [0.2, 0.25) is 5.91 Å². The highest BCUT2D eigenvalue weighted by Crippen LogP contribution is 2.29. The molecule has 1 aromatic carbocycles. The highest BCUT2D eigenvalue weighted by molar-refractivity contribution is 6.31. The number of aromatic amines is 2. The molecule has 0 radical (unpaired) electrons. The highest BCUT2D eigenvalue weighted by Gasteiger charge is 2.27. The van der Waals surface area contributed by atoms with Gasteiger partial charge in [-0.2, -0.15) is 5.10 Å². The van der Waals surface area contributed by atoms with E-state index in [9.17, 15) is 4.79 Å². The highest BCUT2D eigenvalue weighted by atomic mass is 35.5. The first-order chi connectivity index (χ1) is 11.7. The Morgan fingerprint density at radius 3 is 3.25 bits per heavy atom. The maximum absolute atomic E-state index is 12.5. The Kier molecular flexibility index (Phi) is 4.02. The van der Waals surface area contributed by atoms with Crippen molar-refractivity contribution in [1.82, 2.24) is 20.5 Å². The van der Waals surface area contributed by atoms with Crippen molar-refractivity contribution in [3.8, 4) is 0 Å². The monoisotopic (exact) mass is 342 g/mol. The predicted molar refractivity (Wildman–Crippen MR) is 94.3 cm³/mol. The third-order valence-electron chi connectivity index (χ3n) is 4.78. The standard InChI is InChI=1S/C18H19ClN4O/c19-13-4-5-16-15(8-13)11(9-21-16)6-7-20-18(24)14-3-1-2-12-10-22-23-17(12)14/h4-5,8-10,14,21H,1-3,6-7H2,(H,20,24)(H,22,23). The zero-order valence-electron chi connectivity index (χ0n) is 13.2. The average Bonchev–Trinajstić information content (AvgIpc) is 3.21. The van der Waals surface area contributed by atoms with Crippen LogP contribution in [0.5, 0.6) is 0 Å². The molecular formula is C18H19ClN4O. The van der Waals surface area contributed by atoms with E-state index in [1.54, 1.807) is 0 Å². The molecule has 1 unspecified atom stereocenters. The number of fused-ring (bicyclic) bond motifs is 2. The minimum atomic E-state index is -0.103. The topological polar surface area (TPSA) is 73.6 Å². The van der Waals surface area contributed by atoms with E-state index in [4.69, 9.17) is 11.6 Å². The van der Waals surface area contributed by atoms with E-state index in [1.165, 1.54) is 11.1 Å². The van der Waals surface area contributed by atoms with Gasteiger partial charge in [-0.1, -0.05) is 11.6 Å². The minimum absolute atomic E-state index is 0.0815. The number of hydrogen-bond acceptors (Lipinski definition) is 2. The number of carbonyl (C=O) groups is 1. The van der Waals surface area contributed by atoms with E-state index in [-0.39, 0.29) is 11.8 Å². The van der Waals surface area contributed by atoms with Gasteiger partial charge in [0.05, 0.1) is 17.8 Å². The molecule has 1 atom stereocenters. The van der Waals surface area contributed by atoms with Gasteiger partial charge in [0.25, 0.3) is 0 Å². The second-order valence-electron chi connectivity index (χ2n) is 6.30. The van der Waals surface area contributed by atoms with Crippen molar-refractivity contribution in [2.45, 2.75) is 31.6 Å². The molecule has 0 aliphatic heterocycles. The lowest BCUT2D eigenvalue weighted by Gasteiger charge is -2.21. The normalized spacial score (nSPS) is 17.0. The molecule has 1 aliphatic carbocycles. The summed E-state index contributed by atoms with van der Waals surface area (Å²) in [7, 11) is 0. The molecule has 0 bridgehead atoms. The number of rotatable bonds is 4. The van der Waals surface area contributed by atoms with Gasteiger partial charge in [-0.3, -0.25) is 9.89 Å². The molecule has 0 fully saturated rings. The van der Waals surface area contributed by atoms with Crippen molar-refractivity contribution in [1.29, 1.82) is 0 Å². The van der Waals surface area contributed by atoms with Gasteiger partial charge in [-0.05, 0) is 55.0 Å². The molecule has 3 N–H and O–H groups in total. The summed E-state index contributed by atoms with van der Waals surface area (Å²) >= 11 is 6.08. The number of aryl methyl sites for hydroxylation is 1. The van der Waals surface area contributed by atoms with Crippen LogP contribution in [0.2, 0.25) is 5.02 Å². The second-order valence-corrected chi connectivity index (χ2v) is 6.74. The van der Waals surface area contributed by atoms with Crippen LogP contribution in [0, 0.1) is 0 Å². The number of nitrogens with zero attached hydrogens (tertiary/aromatic N) is 1. The van der Waals surface area contributed by atoms with Crippen LogP contribution in [0.15, 0.2) is 30.6 Å². The quantitative estimate of drug-likeness (QED) is 0.680. The second kappa shape index (κ2) is 6.32. The van der Waals surface area contributed by atoms with Gasteiger partial charge >= 0.3 is 0 Å². The van der Waals surface area contributed by atoms with Gasteiger partial charge in [-0.15, -0.1) is 0 Å². The molecular weight excluding hydrogens is 324 g/mol. The number of halogens is 1. The number of hydrogen-bond donors (Lipinski definition) is 3. The first-order valence-electron chi connectivity index (χ1n) is 8.28. The molecule has 1 aliphatic rings. The number of H-pyrrole nitrogens is 2. The van der Waals surface area contributed by atoms with Crippen LogP contribution in [0.4, 0.5) is 0 Å². The van der Waals surface area contributed by atoms with Crippen LogP contribution in [-0.2, 0) is 17.6 Å². The number of carbonyl (C=O) groups excluding carboxylic acids is 1. The summed E-state index contributed by atoms with van der Waals surface area (Å²) in [5, 5.41) is 12.0. The minimum Gasteiger partial charge on any atom is -0.361 e. The summed E-state index contributed by atoms with van der Waals surface area (Å²) in [5.74, 6) is -0.0215. The smallest absolute Gasteiger partial charge is 0.229 e. The fourth-order valence-electron chi connectivity index (χ4n) is 3.53. The Hall–Kier alpha value is -2.27. The van der Waals surface area contributed by atoms with Gasteiger partial charge in [0.15, 0.2) is 0 Å². The van der Waals surface area contributed by atoms with Crippen LogP contribution < -0.4 is 5.32 Å². The van der Waals surface area contributed by atoms with Crippen LogP contribution in [0.25, 0.3) is 10.9 Å². The predicted octanol–water partition coefficient (Wildman–Crippen LogP) is 3.32. The van der Waals surface area contributed by atoms with Gasteiger partial charge < -0.3 is 10.3 Å². The molecule has 0 spiro atoms. The van der Waals surface area contributed by atoms with Crippen molar-refractivity contribution in [3.63, 3.8) is 0 Å². The van der Waals surface area contributed by atoms with Gasteiger partial charge in [0, 0.05) is 28.7 Å². The summed E-state index contributed by atoms with van der Waals surface area (Å²) < 4.78 is 0. The lowest BCUT2D eigenvalue weighted by Crippen LogP contribution is -2.32. The zero-order valence-corrected chi connectivity index (χ0v) is 14.0. The summed E-state index contributed by atoms with van der Waals surface area (Å²) in [4.78, 5) is 15.8. The molecule has 2 heterocycles. The molecule has 2 aromatic heterocycles. The van der Waals surface area contributed by atoms with Crippen molar-refractivity contribution >= 4 is 28.4 Å². The van der Waals surface area contributed by atoms with Crippen molar-refractivity contribution in [2.75, 3.05) is 6.54 Å². The first-order valence-corrected chi connectivity index (χ1v) is 8.65. The molecule has 3 aromatic rings. The third-order valence-corrected chi connectivity index (χ3v) is 5.01. The maximum atomic E-state index is 12.5. The molecule has 1 amide bonds. The zero-order chi connectivity index (χ0) is 16.5. The van der Waals surface area contributed by atoms with Crippen LogP contribution in [-0.4, -0.2) is 27.6 Å². The number of nitrogens with one attached hydrogen (secondary N) is 3. The summed E-state index contributed by atoms with van der Waals surface area (Å²) in [6.07, 6.45) is 7.51. The van der Waals surface area contributed by atoms with E-state index in [0.717, 1.165) is 47.3 Å². The number of amides is 1. The van der Waals surface area contributed by atoms with Crippen molar-refractivity contribution in [3.05, 3.63) is 52.4 Å². The number of benzene rings is 1. The van der Waals surface area contributed by atoms with E-state index in [1.807, 2.05) is 30.6 Å². The van der Waals surface area contributed by atoms with Gasteiger partial charge in [0.1, 0.15) is 0 Å². The van der Waals surface area contributed by atoms with E-state index in [2.05, 4.69) is 20.5 Å². The Balaban J connectivity index is 1.41. The largest absolute Gasteiger partial charge is 0.361 e. The van der Waals surface area contributed by atoms with Gasteiger partial charge in [-0.25, -0.2) is 0 Å². The lowest BCUT2D eigenvalue weighted by molar-refractivity contribution is -0.122. The molecule has 124 valence electrons. The molecule has 0 saturated heterocycles. The average molecular weight is 343 g/mol. The Morgan fingerprint density at radius 1 is 1.42 bits per heavy atom. The Labute approximate surface area is 144 Å². The molecule has 5 nitrogen and oxygen atoms in total. The Morgan fingerprint density at radius 2 is 2.33 bits per heavy atom. The van der Waals surface area contributed by atoms with E-state index < -0.39 is 0 Å². The molecule has 6 heteroatoms. The van der Waals surface area contributed by atoms with Crippen LogP contribution >= 0.6 is 11.6 Å². The fraction of sp³-hybridized carbons (Fsp3) is 0.333. The van der Waals surface area contributed by atoms with Crippen molar-refractivity contribution in [2.24, 2.45) is 0 Å². The maximum Gasteiger partial charge on any atom is 0.229 e. The van der Waals surface area contributed by atoms with Crippen LogP contribution in [0.3, 0.4) is 0 Å². The van der Waals surface area contributed by atoms with Crippen LogP contribution in [0.1, 0.15) is 35.6 Å². The van der Waals surface area contributed by atoms with E-state index in [0.29, 0.717) is 6.54 Å². The SMILES string of the molecule is O=C(NCCc1c[nH]c2ccc(Cl)cc12)C1CCCc2cn[nH]c21. The van der Waals surface area contributed by atoms with E-state index >= 15 is 0 Å². The Bertz CT molecular complexity index is 882. The third kappa shape index (κ3) is 2.80. The first kappa shape index (κ1) is 15.3. The van der Waals surface area contributed by atoms with Crippen molar-refractivity contribution < 1.29 is 4.79 Å². The summed E-state index contributed by atoms with van der Waals surface area (Å²) in [5.41, 5.74) is 4.39. The molecule has 24 heavy (non-hydrogen) atoms. The summed E-state index contributed by atoms with van der Waals surface area (Å²) in [6.45, 7) is 0.609.